The van der Waals surface area contributed by atoms with Crippen molar-refractivity contribution in [2.75, 3.05) is 11.5 Å². The molecule has 1 aliphatic rings. The Kier molecular flexibility index (Phi) is 6.21. The highest BCUT2D eigenvalue weighted by molar-refractivity contribution is 9.10. The average molecular weight is 568 g/mol. The van der Waals surface area contributed by atoms with Crippen molar-refractivity contribution >= 4 is 38.5 Å². The van der Waals surface area contributed by atoms with E-state index in [1.807, 2.05) is 85.8 Å². The predicted octanol–water partition coefficient (Wildman–Crippen LogP) is 7.50. The maximum Gasteiger partial charge on any atom is 0.295 e. The summed E-state index contributed by atoms with van der Waals surface area (Å²) in [5.74, 6) is 1.63. The van der Waals surface area contributed by atoms with Crippen LogP contribution in [0.15, 0.2) is 111 Å². The minimum Gasteiger partial charge on any atom is -0.494 e. The Labute approximate surface area is 227 Å². The number of halogens is 1. The Morgan fingerprint density at radius 1 is 0.842 bits per heavy atom. The number of amides is 1. The number of fused-ring (bicyclic) bond motifs is 2. The first-order valence-electron chi connectivity index (χ1n) is 12.2. The molecule has 1 unspecified atom stereocenters. The summed E-state index contributed by atoms with van der Waals surface area (Å²) in [7, 11) is 0. The third-order valence-electron chi connectivity index (χ3n) is 6.41. The summed E-state index contributed by atoms with van der Waals surface area (Å²) >= 11 is 3.44. The van der Waals surface area contributed by atoms with E-state index < -0.39 is 6.04 Å². The van der Waals surface area contributed by atoms with Gasteiger partial charge >= 0.3 is 0 Å². The Morgan fingerprint density at radius 3 is 2.37 bits per heavy atom. The number of carbonyl (C=O) groups is 1. The van der Waals surface area contributed by atoms with Gasteiger partial charge in [-0.25, -0.2) is 0 Å². The van der Waals surface area contributed by atoms with Crippen molar-refractivity contribution in [3.63, 3.8) is 0 Å². The molecule has 7 heteroatoms. The van der Waals surface area contributed by atoms with E-state index in [1.165, 1.54) is 0 Å². The maximum absolute atomic E-state index is 13.9. The zero-order valence-electron chi connectivity index (χ0n) is 20.4. The smallest absolute Gasteiger partial charge is 0.295 e. The molecule has 0 saturated carbocycles. The van der Waals surface area contributed by atoms with Crippen molar-refractivity contribution in [2.24, 2.45) is 0 Å². The molecule has 0 spiro atoms. The largest absolute Gasteiger partial charge is 0.494 e. The molecule has 38 heavy (non-hydrogen) atoms. The lowest BCUT2D eigenvalue weighted by Gasteiger charge is -2.25. The lowest BCUT2D eigenvalue weighted by Crippen LogP contribution is -2.29. The first kappa shape index (κ1) is 24.0. The van der Waals surface area contributed by atoms with Crippen LogP contribution in [0.5, 0.6) is 17.2 Å². The fourth-order valence-electron chi connectivity index (χ4n) is 4.77. The molecule has 188 valence electrons. The zero-order valence-corrected chi connectivity index (χ0v) is 22.0. The molecule has 1 aromatic heterocycles. The highest BCUT2D eigenvalue weighted by Gasteiger charge is 2.43. The number of nitrogens with zero attached hydrogens (tertiary/aromatic N) is 1. The highest BCUT2D eigenvalue weighted by atomic mass is 79.9. The number of carbonyl (C=O) groups excluding carboxylic acids is 1. The molecule has 1 aliphatic heterocycles. The summed E-state index contributed by atoms with van der Waals surface area (Å²) < 4.78 is 18.5. The zero-order chi connectivity index (χ0) is 26.2. The quantitative estimate of drug-likeness (QED) is 0.212. The third kappa shape index (κ3) is 4.25. The van der Waals surface area contributed by atoms with Gasteiger partial charge in [0.25, 0.3) is 5.91 Å². The minimum absolute atomic E-state index is 0.0399. The fraction of sp³-hybridized carbons (Fsp3) is 0.0968. The Morgan fingerprint density at radius 2 is 1.61 bits per heavy atom. The van der Waals surface area contributed by atoms with Gasteiger partial charge < -0.3 is 13.9 Å². The number of rotatable bonds is 6. The number of para-hydroxylation sites is 1. The molecule has 4 aromatic carbocycles. The summed E-state index contributed by atoms with van der Waals surface area (Å²) in [5.41, 5.74) is 1.75. The molecule has 6 nitrogen and oxygen atoms in total. The van der Waals surface area contributed by atoms with E-state index in [2.05, 4.69) is 15.9 Å². The standard InChI is InChI=1S/C31H22BrNO5/c1-2-36-22-14-12-21(13-15-22)33-28(19-7-6-10-24(17-19)37-23-8-4-3-5-9-23)27-29(34)25-18-20(32)11-16-26(25)38-30(27)31(33)35/h3-18,28H,2H2,1H3. The summed E-state index contributed by atoms with van der Waals surface area (Å²) in [6.45, 7) is 2.44. The Balaban J connectivity index is 1.53. The summed E-state index contributed by atoms with van der Waals surface area (Å²) in [6, 6.07) is 28.6. The second-order valence-corrected chi connectivity index (χ2v) is 9.72. The molecular weight excluding hydrogens is 546 g/mol. The van der Waals surface area contributed by atoms with Gasteiger partial charge in [-0.2, -0.15) is 0 Å². The van der Waals surface area contributed by atoms with Crippen LogP contribution in [0.4, 0.5) is 5.69 Å². The van der Waals surface area contributed by atoms with Gasteiger partial charge in [0, 0.05) is 10.2 Å². The van der Waals surface area contributed by atoms with E-state index in [0.29, 0.717) is 46.1 Å². The molecule has 6 rings (SSSR count). The van der Waals surface area contributed by atoms with E-state index in [9.17, 15) is 9.59 Å². The normalized spacial score (nSPS) is 14.5. The van der Waals surface area contributed by atoms with Crippen LogP contribution in [0.2, 0.25) is 0 Å². The second-order valence-electron chi connectivity index (χ2n) is 8.81. The van der Waals surface area contributed by atoms with Gasteiger partial charge in [0.2, 0.25) is 5.76 Å². The average Bonchev–Trinajstić information content (AvgIpc) is 3.23. The van der Waals surface area contributed by atoms with Gasteiger partial charge in [-0.1, -0.05) is 46.3 Å². The highest BCUT2D eigenvalue weighted by Crippen LogP contribution is 2.42. The van der Waals surface area contributed by atoms with E-state index in [4.69, 9.17) is 13.9 Å². The van der Waals surface area contributed by atoms with Crippen molar-refractivity contribution in [2.45, 2.75) is 13.0 Å². The molecule has 1 atom stereocenters. The van der Waals surface area contributed by atoms with E-state index in [1.54, 1.807) is 23.1 Å². The number of anilines is 1. The summed E-state index contributed by atoms with van der Waals surface area (Å²) in [4.78, 5) is 29.3. The van der Waals surface area contributed by atoms with Crippen LogP contribution in [-0.4, -0.2) is 12.5 Å². The number of hydrogen-bond donors (Lipinski definition) is 0. The van der Waals surface area contributed by atoms with Crippen molar-refractivity contribution < 1.29 is 18.7 Å². The lowest BCUT2D eigenvalue weighted by atomic mass is 9.98. The van der Waals surface area contributed by atoms with Crippen LogP contribution in [0, 0.1) is 0 Å². The van der Waals surface area contributed by atoms with Crippen LogP contribution >= 0.6 is 15.9 Å². The van der Waals surface area contributed by atoms with Crippen molar-refractivity contribution in [1.82, 2.24) is 0 Å². The molecule has 0 aliphatic carbocycles. The first-order valence-corrected chi connectivity index (χ1v) is 13.0. The number of ether oxygens (including phenoxy) is 2. The summed E-state index contributed by atoms with van der Waals surface area (Å²) in [6.07, 6.45) is 0. The van der Waals surface area contributed by atoms with E-state index >= 15 is 0 Å². The lowest BCUT2D eigenvalue weighted by molar-refractivity contribution is 0.0971. The first-order chi connectivity index (χ1) is 18.5. The molecule has 0 radical (unpaired) electrons. The molecule has 0 fully saturated rings. The van der Waals surface area contributed by atoms with Crippen molar-refractivity contribution in [3.05, 3.63) is 129 Å². The van der Waals surface area contributed by atoms with Gasteiger partial charge in [-0.3, -0.25) is 14.5 Å². The van der Waals surface area contributed by atoms with Crippen molar-refractivity contribution in [3.8, 4) is 17.2 Å². The van der Waals surface area contributed by atoms with E-state index in [-0.39, 0.29) is 17.1 Å². The number of benzene rings is 4. The maximum atomic E-state index is 13.9. The van der Waals surface area contributed by atoms with Crippen LogP contribution in [0.25, 0.3) is 11.0 Å². The molecule has 0 bridgehead atoms. The van der Waals surface area contributed by atoms with Gasteiger partial charge in [0.15, 0.2) is 5.43 Å². The SMILES string of the molecule is CCOc1ccc(N2C(=O)c3oc4ccc(Br)cc4c(=O)c3C2c2cccc(Oc3ccccc3)c2)cc1. The van der Waals surface area contributed by atoms with Crippen molar-refractivity contribution in [1.29, 1.82) is 0 Å². The molecule has 1 amide bonds. The number of hydrogen-bond acceptors (Lipinski definition) is 5. The Hall–Kier alpha value is -4.36. The Bertz CT molecular complexity index is 1710. The summed E-state index contributed by atoms with van der Waals surface area (Å²) in [5, 5.41) is 0.404. The second kappa shape index (κ2) is 9.84. The van der Waals surface area contributed by atoms with Crippen LogP contribution in [0.3, 0.4) is 0 Å². The molecule has 0 saturated heterocycles. The van der Waals surface area contributed by atoms with Gasteiger partial charge in [0.05, 0.1) is 23.6 Å². The molecule has 5 aromatic rings. The predicted molar refractivity (Wildman–Crippen MR) is 149 cm³/mol. The molecule has 0 N–H and O–H groups in total. The van der Waals surface area contributed by atoms with Crippen LogP contribution in [0.1, 0.15) is 34.6 Å². The van der Waals surface area contributed by atoms with Gasteiger partial charge in [-0.15, -0.1) is 0 Å². The van der Waals surface area contributed by atoms with Crippen LogP contribution in [-0.2, 0) is 0 Å². The van der Waals surface area contributed by atoms with Gasteiger partial charge in [0.1, 0.15) is 22.8 Å². The minimum atomic E-state index is -0.714. The topological polar surface area (TPSA) is 69.0 Å². The molecular formula is C31H22BrNO5. The third-order valence-corrected chi connectivity index (χ3v) is 6.90. The van der Waals surface area contributed by atoms with E-state index in [0.717, 1.165) is 10.0 Å². The fourth-order valence-corrected chi connectivity index (χ4v) is 5.13. The monoisotopic (exact) mass is 567 g/mol. The van der Waals surface area contributed by atoms with Crippen LogP contribution < -0.4 is 19.8 Å². The molecule has 2 heterocycles. The van der Waals surface area contributed by atoms with Gasteiger partial charge in [-0.05, 0) is 79.2 Å².